The van der Waals surface area contributed by atoms with E-state index in [0.717, 1.165) is 0 Å². The molecule has 1 rings (SSSR count). The van der Waals surface area contributed by atoms with Gasteiger partial charge in [-0.05, 0) is 0 Å². The van der Waals surface area contributed by atoms with Gasteiger partial charge in [0.05, 0.1) is 6.61 Å². The molecule has 1 aliphatic heterocycles. The minimum absolute atomic E-state index is 0.624. The second-order valence-electron chi connectivity index (χ2n) is 3.43. The van der Waals surface area contributed by atoms with Crippen LogP contribution in [0.4, 0.5) is 0 Å². The van der Waals surface area contributed by atoms with Crippen molar-refractivity contribution >= 4 is 0 Å². The Morgan fingerprint density at radius 1 is 1.20 bits per heavy atom. The van der Waals surface area contributed by atoms with Crippen LogP contribution in [0, 0.1) is 0 Å². The first-order chi connectivity index (χ1) is 7.02. The molecule has 7 nitrogen and oxygen atoms in total. The Bertz CT molecular complexity index is 197. The maximum absolute atomic E-state index is 9.46. The zero-order valence-corrected chi connectivity index (χ0v) is 8.22. The number of aliphatic hydroxyl groups excluding tert-OH is 5. The summed E-state index contributed by atoms with van der Waals surface area (Å²) in [6.07, 6.45) is -8.05. The van der Waals surface area contributed by atoms with E-state index >= 15 is 0 Å². The lowest BCUT2D eigenvalue weighted by molar-refractivity contribution is -0.305. The highest BCUT2D eigenvalue weighted by molar-refractivity contribution is 4.92. The summed E-state index contributed by atoms with van der Waals surface area (Å²) >= 11 is 0. The van der Waals surface area contributed by atoms with Crippen LogP contribution in [0.15, 0.2) is 0 Å². The van der Waals surface area contributed by atoms with Crippen molar-refractivity contribution in [3.8, 4) is 0 Å². The predicted octanol–water partition coefficient (Wildman–Crippen LogP) is -3.21. The number of methoxy groups -OCH3 is 1. The summed E-state index contributed by atoms with van der Waals surface area (Å²) in [5, 5.41) is 46.2. The van der Waals surface area contributed by atoms with Crippen molar-refractivity contribution in [2.75, 3.05) is 13.7 Å². The van der Waals surface area contributed by atoms with E-state index in [-0.39, 0.29) is 0 Å². The molecule has 1 saturated heterocycles. The van der Waals surface area contributed by atoms with Gasteiger partial charge < -0.3 is 35.0 Å². The van der Waals surface area contributed by atoms with Crippen molar-refractivity contribution < 1.29 is 35.0 Å². The van der Waals surface area contributed by atoms with Gasteiger partial charge in [-0.25, -0.2) is 0 Å². The topological polar surface area (TPSA) is 120 Å². The summed E-state index contributed by atoms with van der Waals surface area (Å²) in [4.78, 5) is 0. The van der Waals surface area contributed by atoms with Gasteiger partial charge in [0.2, 0.25) is 0 Å². The molecular formula is C8H16O7. The number of aliphatic hydroxyl groups is 5. The highest BCUT2D eigenvalue weighted by Gasteiger charge is 2.46. The minimum Gasteiger partial charge on any atom is -0.394 e. The van der Waals surface area contributed by atoms with Crippen molar-refractivity contribution in [2.24, 2.45) is 0 Å². The van der Waals surface area contributed by atoms with Crippen LogP contribution in [0.3, 0.4) is 0 Å². The van der Waals surface area contributed by atoms with Gasteiger partial charge in [-0.1, -0.05) is 0 Å². The molecule has 0 bridgehead atoms. The molecule has 0 aliphatic carbocycles. The van der Waals surface area contributed by atoms with E-state index in [2.05, 4.69) is 0 Å². The van der Waals surface area contributed by atoms with E-state index in [1.165, 1.54) is 7.11 Å². The molecule has 5 N–H and O–H groups in total. The fourth-order valence-electron chi connectivity index (χ4n) is 1.49. The molecule has 0 aromatic carbocycles. The first-order valence-corrected chi connectivity index (χ1v) is 4.54. The highest BCUT2D eigenvalue weighted by Crippen LogP contribution is 2.23. The molecule has 0 radical (unpaired) electrons. The van der Waals surface area contributed by atoms with Gasteiger partial charge in [-0.3, -0.25) is 0 Å². The maximum Gasteiger partial charge on any atom is 0.186 e. The molecular weight excluding hydrogens is 208 g/mol. The van der Waals surface area contributed by atoms with Crippen molar-refractivity contribution in [1.29, 1.82) is 0 Å². The molecule has 6 atom stereocenters. The second kappa shape index (κ2) is 5.17. The molecule has 1 aliphatic rings. The maximum atomic E-state index is 9.46. The lowest BCUT2D eigenvalue weighted by atomic mass is 9.95. The van der Waals surface area contributed by atoms with Crippen LogP contribution in [0.2, 0.25) is 0 Å². The van der Waals surface area contributed by atoms with Gasteiger partial charge in [0.1, 0.15) is 30.5 Å². The van der Waals surface area contributed by atoms with Gasteiger partial charge >= 0.3 is 0 Å². The Balaban J connectivity index is 2.74. The Morgan fingerprint density at radius 2 is 1.80 bits per heavy atom. The number of rotatable bonds is 3. The third-order valence-corrected chi connectivity index (χ3v) is 2.41. The van der Waals surface area contributed by atoms with E-state index in [1.807, 2.05) is 0 Å². The molecule has 0 aromatic heterocycles. The first kappa shape index (κ1) is 12.8. The van der Waals surface area contributed by atoms with Crippen molar-refractivity contribution in [3.05, 3.63) is 0 Å². The van der Waals surface area contributed by atoms with Crippen LogP contribution in [0.1, 0.15) is 0 Å². The molecule has 7 heteroatoms. The summed E-state index contributed by atoms with van der Waals surface area (Å²) in [5.74, 6) is 0. The van der Waals surface area contributed by atoms with Crippen molar-refractivity contribution in [3.63, 3.8) is 0 Å². The summed E-state index contributed by atoms with van der Waals surface area (Å²) in [6.45, 7) is -0.624. The van der Waals surface area contributed by atoms with Crippen LogP contribution < -0.4 is 0 Å². The molecule has 0 amide bonds. The lowest BCUT2D eigenvalue weighted by Gasteiger charge is -2.41. The Labute approximate surface area is 86.5 Å². The average Bonchev–Trinajstić information content (AvgIpc) is 2.25. The number of hydrogen-bond donors (Lipinski definition) is 5. The van der Waals surface area contributed by atoms with Crippen LogP contribution in [0.5, 0.6) is 0 Å². The zero-order chi connectivity index (χ0) is 11.6. The summed E-state index contributed by atoms with van der Waals surface area (Å²) in [5.41, 5.74) is 0. The van der Waals surface area contributed by atoms with Gasteiger partial charge in [0, 0.05) is 7.11 Å². The zero-order valence-electron chi connectivity index (χ0n) is 8.22. The molecule has 0 spiro atoms. The molecule has 0 unspecified atom stereocenters. The van der Waals surface area contributed by atoms with E-state index in [0.29, 0.717) is 0 Å². The van der Waals surface area contributed by atoms with Gasteiger partial charge in [-0.2, -0.15) is 0 Å². The molecule has 15 heavy (non-hydrogen) atoms. The van der Waals surface area contributed by atoms with Crippen molar-refractivity contribution in [2.45, 2.75) is 36.8 Å². The minimum atomic E-state index is -1.49. The Morgan fingerprint density at radius 3 is 2.27 bits per heavy atom. The normalized spacial score (nSPS) is 44.0. The van der Waals surface area contributed by atoms with E-state index in [9.17, 15) is 20.4 Å². The van der Waals surface area contributed by atoms with Gasteiger partial charge in [-0.15, -0.1) is 0 Å². The van der Waals surface area contributed by atoms with Crippen LogP contribution >= 0.6 is 0 Å². The molecule has 0 saturated carbocycles. The quantitative estimate of drug-likeness (QED) is 0.342. The monoisotopic (exact) mass is 224 g/mol. The van der Waals surface area contributed by atoms with Gasteiger partial charge in [0.15, 0.2) is 6.29 Å². The smallest absolute Gasteiger partial charge is 0.186 e. The average molecular weight is 224 g/mol. The van der Waals surface area contributed by atoms with Crippen molar-refractivity contribution in [1.82, 2.24) is 0 Å². The molecule has 1 heterocycles. The standard InChI is InChI=1S/C8H16O7/c1-14-8-6(13)4(11)5(12)7(15-8)3(10)2-9/h3-13H,2H2,1H3/t3-,4-,5-,6+,7+,8-/m1/s1. The molecule has 90 valence electrons. The van der Waals surface area contributed by atoms with E-state index in [4.69, 9.17) is 14.6 Å². The molecule has 1 fully saturated rings. The lowest BCUT2D eigenvalue weighted by Crippen LogP contribution is -2.61. The third kappa shape index (κ3) is 2.45. The first-order valence-electron chi connectivity index (χ1n) is 4.54. The highest BCUT2D eigenvalue weighted by atomic mass is 16.7. The fraction of sp³-hybridized carbons (Fsp3) is 1.00. The van der Waals surface area contributed by atoms with Crippen LogP contribution in [-0.2, 0) is 9.47 Å². The van der Waals surface area contributed by atoms with E-state index in [1.54, 1.807) is 0 Å². The molecule has 0 aromatic rings. The second-order valence-corrected chi connectivity index (χ2v) is 3.43. The predicted molar refractivity (Wildman–Crippen MR) is 46.8 cm³/mol. The number of hydrogen-bond acceptors (Lipinski definition) is 7. The van der Waals surface area contributed by atoms with Gasteiger partial charge in [0.25, 0.3) is 0 Å². The third-order valence-electron chi connectivity index (χ3n) is 2.41. The fourth-order valence-corrected chi connectivity index (χ4v) is 1.49. The SMILES string of the molecule is CO[C@@H]1O[C@@H]([C@H](O)CO)[C@H](O)[C@@H](O)[C@@H]1O. The summed E-state index contributed by atoms with van der Waals surface area (Å²) in [6, 6.07) is 0. The summed E-state index contributed by atoms with van der Waals surface area (Å²) < 4.78 is 9.70. The van der Waals surface area contributed by atoms with Crippen LogP contribution in [-0.4, -0.2) is 76.1 Å². The summed E-state index contributed by atoms with van der Waals surface area (Å²) in [7, 11) is 1.25. The Hall–Kier alpha value is -0.280. The van der Waals surface area contributed by atoms with E-state index < -0.39 is 43.4 Å². The largest absolute Gasteiger partial charge is 0.394 e. The van der Waals surface area contributed by atoms with Crippen LogP contribution in [0.25, 0.3) is 0 Å². The number of ether oxygens (including phenoxy) is 2. The Kier molecular flexibility index (Phi) is 4.41.